The van der Waals surface area contributed by atoms with Gasteiger partial charge in [0.2, 0.25) is 5.91 Å². The second-order valence-electron chi connectivity index (χ2n) is 8.81. The lowest BCUT2D eigenvalue weighted by Gasteiger charge is -2.29. The predicted octanol–water partition coefficient (Wildman–Crippen LogP) is 5.89. The quantitative estimate of drug-likeness (QED) is 0.313. The molecule has 1 aliphatic rings. The number of ether oxygens (including phenoxy) is 2. The van der Waals surface area contributed by atoms with E-state index < -0.39 is 0 Å². The van der Waals surface area contributed by atoms with Crippen molar-refractivity contribution >= 4 is 35.3 Å². The minimum Gasteiger partial charge on any atom is -0.490 e. The van der Waals surface area contributed by atoms with Crippen molar-refractivity contribution in [3.63, 3.8) is 0 Å². The highest BCUT2D eigenvalue weighted by Gasteiger charge is 2.30. The van der Waals surface area contributed by atoms with Gasteiger partial charge in [0.15, 0.2) is 11.5 Å². The third-order valence-corrected chi connectivity index (χ3v) is 7.24. The molecule has 0 radical (unpaired) electrons. The molecule has 0 aliphatic carbocycles. The minimum atomic E-state index is -0.206. The highest BCUT2D eigenvalue weighted by Crippen LogP contribution is 2.42. The molecule has 2 amide bonds. The lowest BCUT2D eigenvalue weighted by molar-refractivity contribution is -0.122. The molecular weight excluding hydrogens is 496 g/mol. The first kappa shape index (κ1) is 27.3. The fraction of sp³-hybridized carbons (Fsp3) is 0.290. The van der Waals surface area contributed by atoms with Crippen LogP contribution < -0.4 is 19.7 Å². The fourth-order valence-electron chi connectivity index (χ4n) is 4.22. The number of para-hydroxylation sites is 1. The van der Waals surface area contributed by atoms with Gasteiger partial charge in [0, 0.05) is 11.4 Å². The molecule has 0 atom stereocenters. The summed E-state index contributed by atoms with van der Waals surface area (Å²) in [6.45, 7) is 7.50. The van der Waals surface area contributed by atoms with Crippen LogP contribution in [0.15, 0.2) is 76.5 Å². The fourth-order valence-corrected chi connectivity index (χ4v) is 5.28. The van der Waals surface area contributed by atoms with Crippen molar-refractivity contribution < 1.29 is 19.1 Å². The van der Waals surface area contributed by atoms with Gasteiger partial charge in [0.25, 0.3) is 5.91 Å². The van der Waals surface area contributed by atoms with Crippen LogP contribution >= 0.6 is 11.8 Å². The molecule has 1 N–H and O–H groups in total. The van der Waals surface area contributed by atoms with Gasteiger partial charge >= 0.3 is 0 Å². The average molecular weight is 531 g/mol. The zero-order valence-corrected chi connectivity index (χ0v) is 23.0. The number of nitrogens with one attached hydrogen (secondary N) is 1. The zero-order valence-electron chi connectivity index (χ0n) is 22.2. The van der Waals surface area contributed by atoms with E-state index in [9.17, 15) is 9.59 Å². The van der Waals surface area contributed by atoms with Crippen molar-refractivity contribution in [3.8, 4) is 11.5 Å². The summed E-state index contributed by atoms with van der Waals surface area (Å²) in [5.74, 6) is 1.04. The van der Waals surface area contributed by atoms with Crippen molar-refractivity contribution in [3.05, 3.63) is 88.3 Å². The van der Waals surface area contributed by atoms with Crippen molar-refractivity contribution in [1.29, 1.82) is 0 Å². The van der Waals surface area contributed by atoms with Gasteiger partial charge in [-0.15, -0.1) is 0 Å². The smallest absolute Gasteiger partial charge is 0.265 e. The Bertz CT molecular complexity index is 1300. The van der Waals surface area contributed by atoms with E-state index in [1.54, 1.807) is 4.90 Å². The molecule has 1 aliphatic heterocycles. The first-order valence-corrected chi connectivity index (χ1v) is 13.9. The van der Waals surface area contributed by atoms with Gasteiger partial charge in [0.05, 0.1) is 23.8 Å². The normalized spacial score (nSPS) is 13.8. The van der Waals surface area contributed by atoms with Crippen LogP contribution in [0, 0.1) is 0 Å². The number of aryl methyl sites for hydroxylation is 1. The summed E-state index contributed by atoms with van der Waals surface area (Å²) in [5, 5.41) is 2.97. The molecular formula is C31H34N2O4S. The van der Waals surface area contributed by atoms with Crippen LogP contribution in [0.1, 0.15) is 37.5 Å². The zero-order chi connectivity index (χ0) is 26.9. The number of rotatable bonds is 11. The van der Waals surface area contributed by atoms with Crippen LogP contribution in [-0.2, 0) is 22.4 Å². The number of fused-ring (bicyclic) bond motifs is 1. The largest absolute Gasteiger partial charge is 0.490 e. The molecule has 7 heteroatoms. The summed E-state index contributed by atoms with van der Waals surface area (Å²) in [6, 6.07) is 21.7. The van der Waals surface area contributed by atoms with Gasteiger partial charge in [-0.1, -0.05) is 61.2 Å². The lowest BCUT2D eigenvalue weighted by atomic mass is 10.1. The SMILES string of the molecule is CCOc1ccc(CCNC(=O)CN2C(=O)C(=Cc3ccc(CC)cc3)Sc3ccccc32)cc1OCC. The maximum Gasteiger partial charge on any atom is 0.265 e. The van der Waals surface area contributed by atoms with Crippen LogP contribution in [0.3, 0.4) is 0 Å². The Kier molecular flexibility index (Phi) is 9.49. The summed E-state index contributed by atoms with van der Waals surface area (Å²) < 4.78 is 11.3. The molecule has 3 aromatic carbocycles. The molecule has 0 spiro atoms. The Morgan fingerprint density at radius 3 is 2.37 bits per heavy atom. The van der Waals surface area contributed by atoms with Crippen molar-refractivity contribution in [1.82, 2.24) is 5.32 Å². The number of hydrogen-bond donors (Lipinski definition) is 1. The van der Waals surface area contributed by atoms with E-state index in [4.69, 9.17) is 9.47 Å². The van der Waals surface area contributed by atoms with Crippen LogP contribution in [0.2, 0.25) is 0 Å². The van der Waals surface area contributed by atoms with Crippen molar-refractivity contribution in [2.45, 2.75) is 38.5 Å². The third-order valence-electron chi connectivity index (χ3n) is 6.16. The van der Waals surface area contributed by atoms with E-state index in [-0.39, 0.29) is 18.4 Å². The van der Waals surface area contributed by atoms with Crippen LogP contribution in [-0.4, -0.2) is 38.1 Å². The topological polar surface area (TPSA) is 67.9 Å². The van der Waals surface area contributed by atoms with Crippen LogP contribution in [0.4, 0.5) is 5.69 Å². The van der Waals surface area contributed by atoms with Crippen LogP contribution in [0.25, 0.3) is 6.08 Å². The van der Waals surface area contributed by atoms with E-state index in [0.717, 1.165) is 28.1 Å². The van der Waals surface area contributed by atoms with E-state index in [0.29, 0.717) is 42.6 Å². The number of anilines is 1. The van der Waals surface area contributed by atoms with Gasteiger partial charge in [-0.25, -0.2) is 0 Å². The first-order chi connectivity index (χ1) is 18.5. The predicted molar refractivity (Wildman–Crippen MR) is 154 cm³/mol. The molecule has 3 aromatic rings. The second kappa shape index (κ2) is 13.2. The van der Waals surface area contributed by atoms with Gasteiger partial charge < -0.3 is 14.8 Å². The summed E-state index contributed by atoms with van der Waals surface area (Å²) in [4.78, 5) is 29.5. The van der Waals surface area contributed by atoms with Crippen molar-refractivity contribution in [2.24, 2.45) is 0 Å². The standard InChI is InChI=1S/C31H34N2O4S/c1-4-22-11-13-23(14-12-22)20-29-31(35)33(25-9-7-8-10-28(25)38-29)21-30(34)32-18-17-24-15-16-26(36-5-2)27(19-24)37-6-3/h7-16,19-20H,4-6,17-18,21H2,1-3H3,(H,32,34). The molecule has 0 saturated heterocycles. The molecule has 1 heterocycles. The summed E-state index contributed by atoms with van der Waals surface area (Å²) >= 11 is 1.44. The second-order valence-corrected chi connectivity index (χ2v) is 9.90. The number of thioether (sulfide) groups is 1. The number of hydrogen-bond acceptors (Lipinski definition) is 5. The molecule has 0 saturated carbocycles. The Hall–Kier alpha value is -3.71. The Balaban J connectivity index is 1.43. The number of benzene rings is 3. The Morgan fingerprint density at radius 2 is 1.63 bits per heavy atom. The molecule has 0 bridgehead atoms. The minimum absolute atomic E-state index is 0.0456. The van der Waals surface area contributed by atoms with Gasteiger partial charge in [-0.2, -0.15) is 0 Å². The number of carbonyl (C=O) groups excluding carboxylic acids is 2. The summed E-state index contributed by atoms with van der Waals surface area (Å²) in [5.41, 5.74) is 4.00. The highest BCUT2D eigenvalue weighted by molar-refractivity contribution is 8.04. The van der Waals surface area contributed by atoms with E-state index >= 15 is 0 Å². The average Bonchev–Trinajstić information content (AvgIpc) is 2.93. The number of carbonyl (C=O) groups is 2. The molecule has 6 nitrogen and oxygen atoms in total. The molecule has 0 fully saturated rings. The van der Waals surface area contributed by atoms with E-state index in [2.05, 4.69) is 24.4 Å². The Morgan fingerprint density at radius 1 is 0.921 bits per heavy atom. The molecule has 0 unspecified atom stereocenters. The first-order valence-electron chi connectivity index (χ1n) is 13.1. The maximum atomic E-state index is 13.5. The van der Waals surface area contributed by atoms with Gasteiger partial charge in [0.1, 0.15) is 6.54 Å². The molecule has 38 heavy (non-hydrogen) atoms. The summed E-state index contributed by atoms with van der Waals surface area (Å²) in [6.07, 6.45) is 3.50. The molecule has 4 rings (SSSR count). The van der Waals surface area contributed by atoms with E-state index in [1.165, 1.54) is 17.3 Å². The monoisotopic (exact) mass is 530 g/mol. The lowest BCUT2D eigenvalue weighted by Crippen LogP contribution is -2.43. The molecule has 198 valence electrons. The molecule has 0 aromatic heterocycles. The highest BCUT2D eigenvalue weighted by atomic mass is 32.2. The number of nitrogens with zero attached hydrogens (tertiary/aromatic N) is 1. The van der Waals surface area contributed by atoms with E-state index in [1.807, 2.05) is 74.5 Å². The number of amides is 2. The third kappa shape index (κ3) is 6.78. The van der Waals surface area contributed by atoms with Gasteiger partial charge in [-0.3, -0.25) is 14.5 Å². The van der Waals surface area contributed by atoms with Gasteiger partial charge in [-0.05, 0) is 73.7 Å². The Labute approximate surface area is 229 Å². The van der Waals surface area contributed by atoms with Crippen LogP contribution in [0.5, 0.6) is 11.5 Å². The summed E-state index contributed by atoms with van der Waals surface area (Å²) in [7, 11) is 0. The maximum absolute atomic E-state index is 13.5. The van der Waals surface area contributed by atoms with Crippen molar-refractivity contribution in [2.75, 3.05) is 31.2 Å².